The molecule has 62 valence electrons. The maximum absolute atomic E-state index is 10.8. The van der Waals surface area contributed by atoms with Crippen molar-refractivity contribution in [1.82, 2.24) is 5.32 Å². The summed E-state index contributed by atoms with van der Waals surface area (Å²) >= 11 is 0. The van der Waals surface area contributed by atoms with Gasteiger partial charge in [0.15, 0.2) is 6.07 Å². The van der Waals surface area contributed by atoms with Gasteiger partial charge in [0.2, 0.25) is 5.91 Å². The molecule has 7 heteroatoms. The van der Waals surface area contributed by atoms with Crippen LogP contribution in [0.3, 0.4) is 0 Å². The van der Waals surface area contributed by atoms with Crippen LogP contribution in [0.15, 0.2) is 0 Å². The van der Waals surface area contributed by atoms with Gasteiger partial charge in [-0.3, -0.25) is 25.0 Å². The Hall–Kier alpha value is -1.97. The molecule has 0 aromatic carbocycles. The molecule has 1 saturated heterocycles. The average Bonchev–Trinajstić information content (AvgIpc) is 2.26. The quantitative estimate of drug-likeness (QED) is 0.293. The number of hydrogen-bond acceptors (Lipinski definition) is 5. The second kappa shape index (κ2) is 2.27. The van der Waals surface area contributed by atoms with Gasteiger partial charge in [-0.1, -0.05) is 0 Å². The number of hydrogen-bond donors (Lipinski definition) is 1. The third-order valence-corrected chi connectivity index (χ3v) is 1.54. The first-order valence-electron chi connectivity index (χ1n) is 2.93. The lowest BCUT2D eigenvalue weighted by Gasteiger charge is -2.04. The van der Waals surface area contributed by atoms with Crippen LogP contribution in [-0.2, 0) is 9.59 Å². The van der Waals surface area contributed by atoms with Gasteiger partial charge in [-0.15, -0.1) is 0 Å². The summed E-state index contributed by atoms with van der Waals surface area (Å²) in [6, 6.07) is 1.23. The van der Waals surface area contributed by atoms with Crippen molar-refractivity contribution in [2.75, 3.05) is 0 Å². The van der Waals surface area contributed by atoms with E-state index in [1.165, 1.54) is 6.07 Å². The zero-order valence-corrected chi connectivity index (χ0v) is 5.73. The van der Waals surface area contributed by atoms with Crippen molar-refractivity contribution in [2.45, 2.75) is 12.0 Å². The molecular weight excluding hydrogens is 166 g/mol. The second-order valence-corrected chi connectivity index (χ2v) is 2.28. The minimum absolute atomic E-state index is 0.699. The maximum Gasteiger partial charge on any atom is 0.390 e. The van der Waals surface area contributed by atoms with Crippen molar-refractivity contribution in [3.63, 3.8) is 0 Å². The van der Waals surface area contributed by atoms with Gasteiger partial charge in [-0.2, -0.15) is 5.26 Å². The summed E-state index contributed by atoms with van der Waals surface area (Å²) in [7, 11) is 0. The first-order chi connectivity index (χ1) is 5.53. The lowest BCUT2D eigenvalue weighted by molar-refractivity contribution is -0.532. The smallest absolute Gasteiger partial charge is 0.289 e. The van der Waals surface area contributed by atoms with Crippen molar-refractivity contribution in [1.29, 1.82) is 5.26 Å². The average molecular weight is 169 g/mol. The van der Waals surface area contributed by atoms with E-state index in [0.29, 0.717) is 0 Å². The minimum Gasteiger partial charge on any atom is -0.289 e. The first kappa shape index (κ1) is 8.13. The number of nitro groups is 1. The van der Waals surface area contributed by atoms with Crippen LogP contribution in [0, 0.1) is 21.4 Å². The molecule has 0 spiro atoms. The molecule has 2 amide bonds. The number of carbonyl (C=O) groups is 2. The van der Waals surface area contributed by atoms with E-state index in [1.54, 1.807) is 5.32 Å². The lowest BCUT2D eigenvalue weighted by Crippen LogP contribution is -2.43. The molecule has 0 aromatic rings. The molecule has 1 aliphatic heterocycles. The zero-order valence-electron chi connectivity index (χ0n) is 5.73. The predicted molar refractivity (Wildman–Crippen MR) is 33.1 cm³/mol. The van der Waals surface area contributed by atoms with E-state index >= 15 is 0 Å². The van der Waals surface area contributed by atoms with Crippen molar-refractivity contribution in [3.05, 3.63) is 10.1 Å². The molecule has 12 heavy (non-hydrogen) atoms. The second-order valence-electron chi connectivity index (χ2n) is 2.28. The monoisotopic (exact) mass is 169 g/mol. The van der Waals surface area contributed by atoms with Crippen LogP contribution in [0.4, 0.5) is 0 Å². The van der Waals surface area contributed by atoms with Gasteiger partial charge in [-0.05, 0) is 0 Å². The van der Waals surface area contributed by atoms with Crippen LogP contribution in [-0.4, -0.2) is 22.3 Å². The Balaban J connectivity index is 3.13. The van der Waals surface area contributed by atoms with Gasteiger partial charge in [0, 0.05) is 0 Å². The van der Waals surface area contributed by atoms with E-state index in [9.17, 15) is 19.7 Å². The topological polar surface area (TPSA) is 113 Å². The van der Waals surface area contributed by atoms with E-state index in [2.05, 4.69) is 0 Å². The minimum atomic E-state index is -2.41. The van der Waals surface area contributed by atoms with Gasteiger partial charge in [0.05, 0.1) is 4.92 Å². The predicted octanol–water partition coefficient (Wildman–Crippen LogP) is -1.43. The lowest BCUT2D eigenvalue weighted by atomic mass is 10.0. The van der Waals surface area contributed by atoms with Crippen molar-refractivity contribution in [3.8, 4) is 6.07 Å². The normalized spacial score (nSPS) is 27.9. The van der Waals surface area contributed by atoms with E-state index in [4.69, 9.17) is 5.26 Å². The van der Waals surface area contributed by atoms with E-state index in [1.807, 2.05) is 0 Å². The highest BCUT2D eigenvalue weighted by Crippen LogP contribution is 2.19. The molecule has 0 bridgehead atoms. The van der Waals surface area contributed by atoms with Gasteiger partial charge in [0.1, 0.15) is 6.42 Å². The van der Waals surface area contributed by atoms with Gasteiger partial charge >= 0.3 is 11.4 Å². The molecule has 1 atom stereocenters. The van der Waals surface area contributed by atoms with Crippen molar-refractivity contribution in [2.24, 2.45) is 0 Å². The van der Waals surface area contributed by atoms with Gasteiger partial charge in [0.25, 0.3) is 0 Å². The number of carbonyl (C=O) groups excluding carboxylic acids is 2. The van der Waals surface area contributed by atoms with Crippen LogP contribution < -0.4 is 5.32 Å². The number of imide groups is 1. The number of amides is 2. The summed E-state index contributed by atoms with van der Waals surface area (Å²) in [4.78, 5) is 30.6. The van der Waals surface area contributed by atoms with Crippen LogP contribution in [0.1, 0.15) is 6.42 Å². The molecule has 0 aromatic heterocycles. The highest BCUT2D eigenvalue weighted by atomic mass is 16.6. The Bertz CT molecular complexity index is 317. The maximum atomic E-state index is 10.8. The molecule has 1 fully saturated rings. The van der Waals surface area contributed by atoms with Crippen LogP contribution in [0.25, 0.3) is 0 Å². The Kier molecular flexibility index (Phi) is 1.54. The number of rotatable bonds is 1. The van der Waals surface area contributed by atoms with E-state index in [0.717, 1.165) is 0 Å². The van der Waals surface area contributed by atoms with Crippen LogP contribution in [0.5, 0.6) is 0 Å². The summed E-state index contributed by atoms with van der Waals surface area (Å²) < 4.78 is 0. The number of nitriles is 1. The largest absolute Gasteiger partial charge is 0.390 e. The van der Waals surface area contributed by atoms with Crippen molar-refractivity contribution < 1.29 is 14.5 Å². The molecule has 7 nitrogen and oxygen atoms in total. The fourth-order valence-corrected chi connectivity index (χ4v) is 0.865. The number of nitrogens with one attached hydrogen (secondary N) is 1. The Labute approximate surface area is 66.1 Å². The fourth-order valence-electron chi connectivity index (χ4n) is 0.865. The fraction of sp³-hybridized carbons (Fsp3) is 0.400. The first-order valence-corrected chi connectivity index (χ1v) is 2.93. The summed E-state index contributed by atoms with van der Waals surface area (Å²) in [5.74, 6) is -1.95. The highest BCUT2D eigenvalue weighted by molar-refractivity contribution is 6.09. The third kappa shape index (κ3) is 0.818. The Morgan fingerprint density at radius 1 is 1.67 bits per heavy atom. The molecule has 1 heterocycles. The molecule has 1 unspecified atom stereocenters. The molecule has 1 aliphatic rings. The Morgan fingerprint density at radius 2 is 2.25 bits per heavy atom. The zero-order chi connectivity index (χ0) is 9.35. The number of nitrogens with zero attached hydrogens (tertiary/aromatic N) is 2. The molecule has 0 aliphatic carbocycles. The molecular formula is C5H3N3O4. The molecule has 1 N–H and O–H groups in total. The van der Waals surface area contributed by atoms with Gasteiger partial charge < -0.3 is 0 Å². The Morgan fingerprint density at radius 3 is 2.42 bits per heavy atom. The van der Waals surface area contributed by atoms with Crippen molar-refractivity contribution >= 4 is 11.8 Å². The van der Waals surface area contributed by atoms with Crippen LogP contribution in [0.2, 0.25) is 0 Å². The summed E-state index contributed by atoms with van der Waals surface area (Å²) in [5.41, 5.74) is -2.41. The third-order valence-electron chi connectivity index (χ3n) is 1.54. The molecule has 0 saturated carbocycles. The van der Waals surface area contributed by atoms with Gasteiger partial charge in [-0.25, -0.2) is 0 Å². The molecule has 0 radical (unpaired) electrons. The standard InChI is InChI=1S/C5H3N3O4/c6-2-5(8(11)12)1-3(9)7-4(5)10/h1H2,(H,7,9,10). The molecule has 1 rings (SSSR count). The van der Waals surface area contributed by atoms with E-state index < -0.39 is 28.7 Å². The highest BCUT2D eigenvalue weighted by Gasteiger charge is 2.59. The summed E-state index contributed by atoms with van der Waals surface area (Å²) in [5, 5.41) is 20.3. The van der Waals surface area contributed by atoms with Crippen LogP contribution >= 0.6 is 0 Å². The summed E-state index contributed by atoms with van der Waals surface area (Å²) in [6.07, 6.45) is -0.699. The summed E-state index contributed by atoms with van der Waals surface area (Å²) in [6.45, 7) is 0. The SMILES string of the molecule is N#CC1([N+](=O)[O-])CC(=O)NC1=O. The van der Waals surface area contributed by atoms with E-state index in [-0.39, 0.29) is 0 Å².